The summed E-state index contributed by atoms with van der Waals surface area (Å²) in [6.07, 6.45) is 1.37. The number of rotatable bonds is 6. The van der Waals surface area contributed by atoms with E-state index in [4.69, 9.17) is 9.47 Å². The average molecular weight is 345 g/mol. The molecule has 1 fully saturated rings. The van der Waals surface area contributed by atoms with E-state index in [1.54, 1.807) is 15.8 Å². The summed E-state index contributed by atoms with van der Waals surface area (Å²) < 4.78 is 12.8. The zero-order chi connectivity index (χ0) is 17.5. The number of aryl methyl sites for hydroxylation is 1. The maximum absolute atomic E-state index is 12.2. The summed E-state index contributed by atoms with van der Waals surface area (Å²) in [6, 6.07) is 9.67. The smallest absolute Gasteiger partial charge is 0.410 e. The van der Waals surface area contributed by atoms with Crippen LogP contribution in [-0.2, 0) is 29.7 Å². The summed E-state index contributed by atoms with van der Waals surface area (Å²) in [4.78, 5) is 13.9. The predicted molar refractivity (Wildman–Crippen MR) is 90.6 cm³/mol. The summed E-state index contributed by atoms with van der Waals surface area (Å²) in [7, 11) is 1.85. The van der Waals surface area contributed by atoms with Crippen LogP contribution in [0.25, 0.3) is 0 Å². The molecule has 0 aliphatic carbocycles. The van der Waals surface area contributed by atoms with Gasteiger partial charge >= 0.3 is 6.09 Å². The van der Waals surface area contributed by atoms with Crippen molar-refractivity contribution < 1.29 is 14.3 Å². The Morgan fingerprint density at radius 2 is 2.24 bits per heavy atom. The van der Waals surface area contributed by atoms with Crippen molar-refractivity contribution in [2.24, 2.45) is 7.05 Å². The van der Waals surface area contributed by atoms with Gasteiger partial charge in [-0.05, 0) is 5.56 Å². The number of nitrogens with zero attached hydrogens (tertiary/aromatic N) is 4. The third kappa shape index (κ3) is 5.01. The van der Waals surface area contributed by atoms with E-state index in [1.165, 1.54) is 0 Å². The van der Waals surface area contributed by atoms with Crippen LogP contribution in [0.2, 0.25) is 0 Å². The van der Waals surface area contributed by atoms with Gasteiger partial charge in [-0.1, -0.05) is 35.5 Å². The highest BCUT2D eigenvalue weighted by molar-refractivity contribution is 5.67. The molecule has 1 aromatic carbocycles. The topological polar surface area (TPSA) is 81.5 Å². The van der Waals surface area contributed by atoms with Crippen molar-refractivity contribution in [3.8, 4) is 0 Å². The Bertz CT molecular complexity index is 676. The van der Waals surface area contributed by atoms with Gasteiger partial charge in [0.05, 0.1) is 31.1 Å². The molecule has 2 aromatic rings. The third-order valence-electron chi connectivity index (χ3n) is 4.09. The van der Waals surface area contributed by atoms with Crippen molar-refractivity contribution in [1.82, 2.24) is 25.2 Å². The first-order valence-electron chi connectivity index (χ1n) is 8.34. The van der Waals surface area contributed by atoms with Crippen molar-refractivity contribution in [2.45, 2.75) is 19.3 Å². The van der Waals surface area contributed by atoms with Crippen molar-refractivity contribution in [3.05, 3.63) is 47.8 Å². The van der Waals surface area contributed by atoms with Gasteiger partial charge in [-0.3, -0.25) is 4.68 Å². The number of amides is 1. The van der Waals surface area contributed by atoms with E-state index >= 15 is 0 Å². The first-order chi connectivity index (χ1) is 12.2. The molecule has 8 nitrogen and oxygen atoms in total. The minimum Gasteiger partial charge on any atom is -0.445 e. The largest absolute Gasteiger partial charge is 0.445 e. The molecule has 0 saturated carbocycles. The second-order valence-electron chi connectivity index (χ2n) is 5.96. The molecule has 8 heteroatoms. The van der Waals surface area contributed by atoms with Gasteiger partial charge in [-0.15, -0.1) is 5.10 Å². The Morgan fingerprint density at radius 3 is 3.00 bits per heavy atom. The molecule has 1 aromatic heterocycles. The van der Waals surface area contributed by atoms with Crippen LogP contribution in [-0.4, -0.2) is 58.3 Å². The fourth-order valence-electron chi connectivity index (χ4n) is 2.65. The van der Waals surface area contributed by atoms with Crippen molar-refractivity contribution >= 4 is 6.09 Å². The van der Waals surface area contributed by atoms with E-state index in [1.807, 2.05) is 37.4 Å². The lowest BCUT2D eigenvalue weighted by molar-refractivity contribution is -0.0271. The Morgan fingerprint density at radius 1 is 1.40 bits per heavy atom. The fourth-order valence-corrected chi connectivity index (χ4v) is 2.65. The minimum atomic E-state index is -0.298. The van der Waals surface area contributed by atoms with Gasteiger partial charge in [0.25, 0.3) is 0 Å². The molecule has 1 atom stereocenters. The molecular weight excluding hydrogens is 322 g/mol. The monoisotopic (exact) mass is 345 g/mol. The average Bonchev–Trinajstić information content (AvgIpc) is 3.06. The molecule has 1 saturated heterocycles. The highest BCUT2D eigenvalue weighted by atomic mass is 16.6. The van der Waals surface area contributed by atoms with Crippen LogP contribution < -0.4 is 5.32 Å². The fraction of sp³-hybridized carbons (Fsp3) is 0.471. The van der Waals surface area contributed by atoms with Gasteiger partial charge in [-0.2, -0.15) is 0 Å². The molecule has 1 amide bonds. The van der Waals surface area contributed by atoms with Crippen LogP contribution in [0, 0.1) is 0 Å². The van der Waals surface area contributed by atoms with Gasteiger partial charge in [0.1, 0.15) is 6.61 Å². The first-order valence-corrected chi connectivity index (χ1v) is 8.34. The second kappa shape index (κ2) is 8.59. The quantitative estimate of drug-likeness (QED) is 0.839. The summed E-state index contributed by atoms with van der Waals surface area (Å²) in [5.41, 5.74) is 1.97. The molecule has 0 radical (unpaired) electrons. The SMILES string of the molecule is Cn1nncc1CNCC1CN(C(=O)OCc2ccccc2)CCO1. The van der Waals surface area contributed by atoms with Crippen LogP contribution in [0.3, 0.4) is 0 Å². The van der Waals surface area contributed by atoms with Crippen molar-refractivity contribution in [2.75, 3.05) is 26.2 Å². The number of benzene rings is 1. The molecule has 0 spiro atoms. The summed E-state index contributed by atoms with van der Waals surface area (Å²) in [6.45, 7) is 3.17. The van der Waals surface area contributed by atoms with E-state index in [9.17, 15) is 4.79 Å². The number of hydrogen-bond donors (Lipinski definition) is 1. The number of hydrogen-bond acceptors (Lipinski definition) is 6. The Labute approximate surface area is 146 Å². The zero-order valence-corrected chi connectivity index (χ0v) is 14.3. The number of morpholine rings is 1. The normalized spacial score (nSPS) is 17.5. The molecule has 2 heterocycles. The van der Waals surface area contributed by atoms with Gasteiger partial charge in [0.2, 0.25) is 0 Å². The molecule has 3 rings (SSSR count). The highest BCUT2D eigenvalue weighted by Crippen LogP contribution is 2.09. The summed E-state index contributed by atoms with van der Waals surface area (Å²) in [5, 5.41) is 11.0. The van der Waals surface area contributed by atoms with Gasteiger partial charge in [0, 0.05) is 26.7 Å². The zero-order valence-electron chi connectivity index (χ0n) is 14.3. The van der Waals surface area contributed by atoms with E-state index in [0.29, 0.717) is 32.8 Å². The van der Waals surface area contributed by atoms with Crippen LogP contribution in [0.4, 0.5) is 4.79 Å². The van der Waals surface area contributed by atoms with E-state index in [-0.39, 0.29) is 18.8 Å². The Kier molecular flexibility index (Phi) is 5.97. The third-order valence-corrected chi connectivity index (χ3v) is 4.09. The molecule has 1 unspecified atom stereocenters. The molecular formula is C17H23N5O3. The van der Waals surface area contributed by atoms with Crippen molar-refractivity contribution in [3.63, 3.8) is 0 Å². The van der Waals surface area contributed by atoms with Gasteiger partial charge in [-0.25, -0.2) is 4.79 Å². The summed E-state index contributed by atoms with van der Waals surface area (Å²) >= 11 is 0. The number of nitrogens with one attached hydrogen (secondary N) is 1. The lowest BCUT2D eigenvalue weighted by Gasteiger charge is -2.32. The Balaban J connectivity index is 1.41. The van der Waals surface area contributed by atoms with E-state index in [2.05, 4.69) is 15.6 Å². The molecule has 1 N–H and O–H groups in total. The molecule has 1 aliphatic rings. The summed E-state index contributed by atoms with van der Waals surface area (Å²) in [5.74, 6) is 0. The Hall–Kier alpha value is -2.45. The molecule has 134 valence electrons. The predicted octanol–water partition coefficient (Wildman–Crippen LogP) is 0.942. The number of carbonyl (C=O) groups excluding carboxylic acids is 1. The van der Waals surface area contributed by atoms with Gasteiger partial charge in [0.15, 0.2) is 0 Å². The lowest BCUT2D eigenvalue weighted by atomic mass is 10.2. The molecule has 25 heavy (non-hydrogen) atoms. The molecule has 0 bridgehead atoms. The van der Waals surface area contributed by atoms with Crippen LogP contribution in [0.1, 0.15) is 11.3 Å². The highest BCUT2D eigenvalue weighted by Gasteiger charge is 2.25. The van der Waals surface area contributed by atoms with E-state index < -0.39 is 0 Å². The van der Waals surface area contributed by atoms with Crippen LogP contribution in [0.5, 0.6) is 0 Å². The lowest BCUT2D eigenvalue weighted by Crippen LogP contribution is -2.49. The standard InChI is InChI=1S/C17H23N5O3/c1-21-15(10-19-20-21)9-18-11-16-12-22(7-8-24-16)17(23)25-13-14-5-3-2-4-6-14/h2-6,10,16,18H,7-9,11-13H2,1H3. The number of carbonyl (C=O) groups is 1. The maximum atomic E-state index is 12.2. The van der Waals surface area contributed by atoms with Crippen LogP contribution in [0.15, 0.2) is 36.5 Å². The second-order valence-corrected chi connectivity index (χ2v) is 5.96. The first kappa shape index (κ1) is 17.4. The number of aromatic nitrogens is 3. The molecule has 1 aliphatic heterocycles. The van der Waals surface area contributed by atoms with Gasteiger partial charge < -0.3 is 19.7 Å². The van der Waals surface area contributed by atoms with Crippen LogP contribution >= 0.6 is 0 Å². The van der Waals surface area contributed by atoms with E-state index in [0.717, 1.165) is 11.3 Å². The number of ether oxygens (including phenoxy) is 2. The minimum absolute atomic E-state index is 0.0563. The maximum Gasteiger partial charge on any atom is 0.410 e. The van der Waals surface area contributed by atoms with Crippen molar-refractivity contribution in [1.29, 1.82) is 0 Å².